The van der Waals surface area contributed by atoms with Crippen molar-refractivity contribution < 1.29 is 9.47 Å². The van der Waals surface area contributed by atoms with Gasteiger partial charge in [0.15, 0.2) is 5.96 Å². The van der Waals surface area contributed by atoms with Gasteiger partial charge in [-0.05, 0) is 19.0 Å². The lowest BCUT2D eigenvalue weighted by Crippen LogP contribution is -2.39. The first-order valence-electron chi connectivity index (χ1n) is 7.62. The van der Waals surface area contributed by atoms with Crippen LogP contribution in [0.25, 0.3) is 0 Å². The van der Waals surface area contributed by atoms with E-state index >= 15 is 0 Å². The Morgan fingerprint density at radius 2 is 2.27 bits per heavy atom. The molecule has 3 N–H and O–H groups in total. The molecule has 0 amide bonds. The van der Waals surface area contributed by atoms with Gasteiger partial charge in [0.1, 0.15) is 0 Å². The molecular weight excluding hydrogens is 282 g/mol. The number of hydrogen-bond donors (Lipinski definition) is 2. The largest absolute Gasteiger partial charge is 0.481 e. The zero-order valence-electron chi connectivity index (χ0n) is 13.1. The Hall–Kier alpha value is -1.86. The molecule has 1 saturated heterocycles. The Kier molecular flexibility index (Phi) is 6.92. The van der Waals surface area contributed by atoms with Crippen molar-refractivity contribution in [1.29, 1.82) is 0 Å². The smallest absolute Gasteiger partial charge is 0.213 e. The lowest BCUT2D eigenvalue weighted by Gasteiger charge is -2.26. The molecule has 7 heteroatoms. The molecule has 2 rings (SSSR count). The molecule has 22 heavy (non-hydrogen) atoms. The first-order valence-corrected chi connectivity index (χ1v) is 7.62. The number of nitrogens with two attached hydrogens (primary N) is 1. The fourth-order valence-electron chi connectivity index (χ4n) is 2.23. The van der Waals surface area contributed by atoms with E-state index in [-0.39, 0.29) is 0 Å². The molecule has 2 heterocycles. The number of pyridine rings is 1. The Bertz CT molecular complexity index is 475. The normalized spacial score (nSPS) is 16.5. The monoisotopic (exact) mass is 307 g/mol. The zero-order valence-corrected chi connectivity index (χ0v) is 13.1. The van der Waals surface area contributed by atoms with Gasteiger partial charge in [0.25, 0.3) is 0 Å². The van der Waals surface area contributed by atoms with Crippen molar-refractivity contribution in [3.63, 3.8) is 0 Å². The fourth-order valence-corrected chi connectivity index (χ4v) is 2.23. The molecule has 0 aromatic carbocycles. The van der Waals surface area contributed by atoms with Crippen LogP contribution in [0.2, 0.25) is 0 Å². The summed E-state index contributed by atoms with van der Waals surface area (Å²) in [6.45, 7) is 6.03. The van der Waals surface area contributed by atoms with E-state index < -0.39 is 0 Å². The van der Waals surface area contributed by atoms with Crippen LogP contribution >= 0.6 is 0 Å². The molecule has 0 bridgehead atoms. The average Bonchev–Trinajstić information content (AvgIpc) is 2.58. The molecule has 1 aromatic rings. The molecule has 7 nitrogen and oxygen atoms in total. The van der Waals surface area contributed by atoms with Crippen molar-refractivity contribution in [2.75, 3.05) is 46.5 Å². The number of methoxy groups -OCH3 is 1. The molecule has 0 unspecified atom stereocenters. The summed E-state index contributed by atoms with van der Waals surface area (Å²) in [6.07, 6.45) is 1.04. The van der Waals surface area contributed by atoms with Gasteiger partial charge in [0.2, 0.25) is 5.88 Å². The molecule has 0 atom stereocenters. The Balaban J connectivity index is 1.64. The van der Waals surface area contributed by atoms with E-state index in [1.165, 1.54) is 0 Å². The number of rotatable bonds is 7. The highest BCUT2D eigenvalue weighted by Crippen LogP contribution is 2.07. The van der Waals surface area contributed by atoms with Crippen molar-refractivity contribution in [2.24, 2.45) is 10.7 Å². The Labute approximate surface area is 131 Å². The standard InChI is InChI=1S/C15H25N5O2/c1-21-14-5-2-4-13(19-14)12-18-15(16)17-6-3-7-20-8-10-22-11-9-20/h2,4-5H,3,6-12H2,1H3,(H3,16,17,18). The first-order chi connectivity index (χ1) is 10.8. The van der Waals surface area contributed by atoms with Crippen molar-refractivity contribution in [3.8, 4) is 5.88 Å². The van der Waals surface area contributed by atoms with Gasteiger partial charge in [0.05, 0.1) is 32.6 Å². The maximum absolute atomic E-state index is 5.86. The summed E-state index contributed by atoms with van der Waals surface area (Å²) in [7, 11) is 1.60. The predicted molar refractivity (Wildman–Crippen MR) is 86.0 cm³/mol. The average molecular weight is 307 g/mol. The number of ether oxygens (including phenoxy) is 2. The van der Waals surface area contributed by atoms with E-state index in [9.17, 15) is 0 Å². The summed E-state index contributed by atoms with van der Waals surface area (Å²) >= 11 is 0. The maximum Gasteiger partial charge on any atom is 0.213 e. The highest BCUT2D eigenvalue weighted by Gasteiger charge is 2.08. The number of aromatic nitrogens is 1. The number of nitrogens with zero attached hydrogens (tertiary/aromatic N) is 3. The SMILES string of the molecule is COc1cccc(CN=C(N)NCCCN2CCOCC2)n1. The van der Waals surface area contributed by atoms with Crippen LogP contribution in [0.4, 0.5) is 0 Å². The summed E-state index contributed by atoms with van der Waals surface area (Å²) in [6, 6.07) is 5.60. The number of morpholine rings is 1. The molecule has 1 fully saturated rings. The Morgan fingerprint density at radius 3 is 3.05 bits per heavy atom. The predicted octanol–water partition coefficient (Wildman–Crippen LogP) is 0.217. The minimum absolute atomic E-state index is 0.444. The highest BCUT2D eigenvalue weighted by atomic mass is 16.5. The van der Waals surface area contributed by atoms with Crippen LogP contribution in [0.1, 0.15) is 12.1 Å². The van der Waals surface area contributed by atoms with E-state index in [1.807, 2.05) is 12.1 Å². The Morgan fingerprint density at radius 1 is 1.45 bits per heavy atom. The van der Waals surface area contributed by atoms with Crippen LogP contribution in [0.5, 0.6) is 5.88 Å². The van der Waals surface area contributed by atoms with Crippen LogP contribution in [0.15, 0.2) is 23.2 Å². The summed E-state index contributed by atoms with van der Waals surface area (Å²) in [5, 5.41) is 3.13. The maximum atomic E-state index is 5.86. The third-order valence-corrected chi connectivity index (χ3v) is 3.46. The van der Waals surface area contributed by atoms with Gasteiger partial charge in [-0.2, -0.15) is 0 Å². The van der Waals surface area contributed by atoms with Gasteiger partial charge in [-0.15, -0.1) is 0 Å². The first kappa shape index (κ1) is 16.5. The summed E-state index contributed by atoms with van der Waals surface area (Å²) < 4.78 is 10.4. The summed E-state index contributed by atoms with van der Waals surface area (Å²) in [5.74, 6) is 1.04. The van der Waals surface area contributed by atoms with E-state index in [4.69, 9.17) is 15.2 Å². The van der Waals surface area contributed by atoms with Crippen LogP contribution in [0.3, 0.4) is 0 Å². The van der Waals surface area contributed by atoms with Crippen molar-refractivity contribution in [3.05, 3.63) is 23.9 Å². The van der Waals surface area contributed by atoms with Crippen LogP contribution in [-0.4, -0.2) is 62.3 Å². The summed E-state index contributed by atoms with van der Waals surface area (Å²) in [4.78, 5) is 11.0. The molecular formula is C15H25N5O2. The molecule has 1 aliphatic rings. The minimum Gasteiger partial charge on any atom is -0.481 e. The van der Waals surface area contributed by atoms with Crippen LogP contribution in [0, 0.1) is 0 Å². The number of hydrogen-bond acceptors (Lipinski definition) is 5. The van der Waals surface area contributed by atoms with E-state index in [2.05, 4.69) is 20.2 Å². The van der Waals surface area contributed by atoms with Crippen LogP contribution in [-0.2, 0) is 11.3 Å². The second kappa shape index (κ2) is 9.22. The molecule has 0 aliphatic carbocycles. The molecule has 0 saturated carbocycles. The third-order valence-electron chi connectivity index (χ3n) is 3.46. The molecule has 122 valence electrons. The van der Waals surface area contributed by atoms with E-state index in [1.54, 1.807) is 13.2 Å². The topological polar surface area (TPSA) is 85.0 Å². The van der Waals surface area contributed by atoms with Gasteiger partial charge in [-0.3, -0.25) is 4.90 Å². The van der Waals surface area contributed by atoms with E-state index in [0.717, 1.165) is 51.5 Å². The molecule has 0 radical (unpaired) electrons. The van der Waals surface area contributed by atoms with Crippen molar-refractivity contribution in [1.82, 2.24) is 15.2 Å². The lowest BCUT2D eigenvalue weighted by atomic mass is 10.3. The molecule has 1 aromatic heterocycles. The van der Waals surface area contributed by atoms with Crippen molar-refractivity contribution in [2.45, 2.75) is 13.0 Å². The fraction of sp³-hybridized carbons (Fsp3) is 0.600. The number of nitrogens with one attached hydrogen (secondary N) is 1. The van der Waals surface area contributed by atoms with Gasteiger partial charge in [0, 0.05) is 25.7 Å². The van der Waals surface area contributed by atoms with Gasteiger partial charge >= 0.3 is 0 Å². The number of guanidine groups is 1. The summed E-state index contributed by atoms with van der Waals surface area (Å²) in [5.41, 5.74) is 6.69. The third kappa shape index (κ3) is 5.87. The molecule has 0 spiro atoms. The van der Waals surface area contributed by atoms with Crippen LogP contribution < -0.4 is 15.8 Å². The minimum atomic E-state index is 0.444. The lowest BCUT2D eigenvalue weighted by molar-refractivity contribution is 0.0376. The highest BCUT2D eigenvalue weighted by molar-refractivity contribution is 5.77. The zero-order chi connectivity index (χ0) is 15.6. The van der Waals surface area contributed by atoms with Crippen molar-refractivity contribution >= 4 is 5.96 Å². The second-order valence-electron chi connectivity index (χ2n) is 5.11. The quantitative estimate of drug-likeness (QED) is 0.426. The van der Waals surface area contributed by atoms with E-state index in [0.29, 0.717) is 18.4 Å². The van der Waals surface area contributed by atoms with Gasteiger partial charge in [-0.25, -0.2) is 9.98 Å². The number of aliphatic imine (C=N–C) groups is 1. The van der Waals surface area contributed by atoms with Gasteiger partial charge < -0.3 is 20.5 Å². The second-order valence-corrected chi connectivity index (χ2v) is 5.11. The molecule has 1 aliphatic heterocycles. The van der Waals surface area contributed by atoms with Gasteiger partial charge in [-0.1, -0.05) is 6.07 Å².